The number of nitrogens with zero attached hydrogens (tertiary/aromatic N) is 1. The average Bonchev–Trinajstić information content (AvgIpc) is 2.64. The van der Waals surface area contributed by atoms with Crippen LogP contribution in [0.1, 0.15) is 39.2 Å². The molecule has 154 valence electrons. The van der Waals surface area contributed by atoms with Gasteiger partial charge in [-0.25, -0.2) is 9.59 Å². The van der Waals surface area contributed by atoms with Crippen LogP contribution in [0.15, 0.2) is 30.3 Å². The second-order valence-electron chi connectivity index (χ2n) is 8.01. The summed E-state index contributed by atoms with van der Waals surface area (Å²) in [5.41, 5.74) is -1.11. The van der Waals surface area contributed by atoms with Crippen molar-refractivity contribution in [1.82, 2.24) is 10.2 Å². The minimum atomic E-state index is -1.28. The maximum Gasteiger partial charge on any atom is 0.410 e. The number of ether oxygens (including phenoxy) is 2. The molecule has 1 heterocycles. The lowest BCUT2D eigenvalue weighted by Crippen LogP contribution is -2.55. The lowest BCUT2D eigenvalue weighted by Gasteiger charge is -2.40. The number of amides is 2. The van der Waals surface area contributed by atoms with Gasteiger partial charge in [-0.05, 0) is 39.2 Å². The summed E-state index contributed by atoms with van der Waals surface area (Å²) < 4.78 is 10.5. The van der Waals surface area contributed by atoms with Gasteiger partial charge >= 0.3 is 18.2 Å². The second kappa shape index (κ2) is 8.95. The smallest absolute Gasteiger partial charge is 0.410 e. The van der Waals surface area contributed by atoms with Gasteiger partial charge in [0.15, 0.2) is 0 Å². The standard InChI is InChI=1S/C20H28N2O6/c1-19(2,3)28-18(26)22-11-7-10-20(14-22,16(23)24)13-21-17(25)27-12-15-8-5-4-6-9-15/h4-6,8-9H,7,10-14H2,1-3H3,(H,21,25)(H,23,24). The third-order valence-corrected chi connectivity index (χ3v) is 4.47. The molecule has 1 aliphatic rings. The number of carbonyl (C=O) groups is 3. The van der Waals surface area contributed by atoms with Crippen molar-refractivity contribution in [2.45, 2.75) is 45.8 Å². The van der Waals surface area contributed by atoms with Gasteiger partial charge in [0.2, 0.25) is 0 Å². The molecule has 0 saturated carbocycles. The number of piperidine rings is 1. The van der Waals surface area contributed by atoms with Crippen molar-refractivity contribution in [3.63, 3.8) is 0 Å². The summed E-state index contributed by atoms with van der Waals surface area (Å²) in [5, 5.41) is 12.3. The number of carboxylic acids is 1. The second-order valence-corrected chi connectivity index (χ2v) is 8.01. The Kier molecular flexibility index (Phi) is 6.88. The Morgan fingerprint density at radius 1 is 1.21 bits per heavy atom. The summed E-state index contributed by atoms with van der Waals surface area (Å²) in [6.45, 7) is 5.61. The molecule has 0 radical (unpaired) electrons. The van der Waals surface area contributed by atoms with E-state index in [-0.39, 0.29) is 19.7 Å². The topological polar surface area (TPSA) is 105 Å². The van der Waals surface area contributed by atoms with Gasteiger partial charge < -0.3 is 24.8 Å². The molecule has 28 heavy (non-hydrogen) atoms. The maximum absolute atomic E-state index is 12.3. The fraction of sp³-hybridized carbons (Fsp3) is 0.550. The van der Waals surface area contributed by atoms with Crippen LogP contribution < -0.4 is 5.32 Å². The monoisotopic (exact) mass is 392 g/mol. The van der Waals surface area contributed by atoms with Crippen LogP contribution in [0.2, 0.25) is 0 Å². The van der Waals surface area contributed by atoms with Gasteiger partial charge in [0.05, 0.1) is 0 Å². The first kappa shape index (κ1) is 21.5. The fourth-order valence-corrected chi connectivity index (χ4v) is 3.02. The highest BCUT2D eigenvalue weighted by Crippen LogP contribution is 2.31. The van der Waals surface area contributed by atoms with E-state index in [0.717, 1.165) is 5.56 Å². The number of benzene rings is 1. The summed E-state index contributed by atoms with van der Waals surface area (Å²) in [5.74, 6) is -1.07. The first-order valence-electron chi connectivity index (χ1n) is 9.27. The van der Waals surface area contributed by atoms with Gasteiger partial charge in [0.1, 0.15) is 17.6 Å². The normalized spacial score (nSPS) is 19.6. The maximum atomic E-state index is 12.3. The summed E-state index contributed by atoms with van der Waals surface area (Å²) in [4.78, 5) is 37.7. The SMILES string of the molecule is CC(C)(C)OC(=O)N1CCCC(CNC(=O)OCc2ccccc2)(C(=O)O)C1. The number of rotatable bonds is 5. The molecule has 1 unspecified atom stereocenters. The highest BCUT2D eigenvalue weighted by molar-refractivity contribution is 5.78. The molecule has 1 aromatic rings. The van der Waals surface area contributed by atoms with E-state index >= 15 is 0 Å². The molecule has 2 rings (SSSR count). The number of hydrogen-bond donors (Lipinski definition) is 2. The van der Waals surface area contributed by atoms with Crippen LogP contribution in [0.5, 0.6) is 0 Å². The van der Waals surface area contributed by atoms with Gasteiger partial charge in [-0.1, -0.05) is 30.3 Å². The number of likely N-dealkylation sites (tertiary alicyclic amines) is 1. The van der Waals surface area contributed by atoms with Crippen LogP contribution in [0, 0.1) is 5.41 Å². The van der Waals surface area contributed by atoms with Crippen LogP contribution in [0.4, 0.5) is 9.59 Å². The molecule has 0 spiro atoms. The molecular formula is C20H28N2O6. The summed E-state index contributed by atoms with van der Waals surface area (Å²) in [6, 6.07) is 9.18. The predicted molar refractivity (Wildman–Crippen MR) is 102 cm³/mol. The van der Waals surface area contributed by atoms with Gasteiger partial charge in [0, 0.05) is 19.6 Å². The van der Waals surface area contributed by atoms with Gasteiger partial charge in [-0.15, -0.1) is 0 Å². The summed E-state index contributed by atoms with van der Waals surface area (Å²) in [7, 11) is 0. The zero-order chi connectivity index (χ0) is 20.8. The van der Waals surface area contributed by atoms with Crippen LogP contribution in [-0.4, -0.2) is 53.4 Å². The Morgan fingerprint density at radius 3 is 2.50 bits per heavy atom. The first-order valence-corrected chi connectivity index (χ1v) is 9.27. The van der Waals surface area contributed by atoms with Crippen molar-refractivity contribution in [2.24, 2.45) is 5.41 Å². The lowest BCUT2D eigenvalue weighted by atomic mass is 9.80. The largest absolute Gasteiger partial charge is 0.481 e. The molecule has 1 aromatic carbocycles. The molecule has 1 saturated heterocycles. The van der Waals surface area contributed by atoms with E-state index in [4.69, 9.17) is 9.47 Å². The predicted octanol–water partition coefficient (Wildman–Crippen LogP) is 3.01. The fourth-order valence-electron chi connectivity index (χ4n) is 3.02. The Hall–Kier alpha value is -2.77. The van der Waals surface area contributed by atoms with E-state index in [9.17, 15) is 19.5 Å². The molecule has 0 aliphatic carbocycles. The van der Waals surface area contributed by atoms with Crippen molar-refractivity contribution in [3.8, 4) is 0 Å². The molecule has 1 fully saturated rings. The number of nitrogens with one attached hydrogen (secondary N) is 1. The Morgan fingerprint density at radius 2 is 1.89 bits per heavy atom. The molecule has 2 amide bonds. The zero-order valence-corrected chi connectivity index (χ0v) is 16.6. The van der Waals surface area contributed by atoms with Crippen LogP contribution in [0.3, 0.4) is 0 Å². The quantitative estimate of drug-likeness (QED) is 0.798. The number of carbonyl (C=O) groups excluding carboxylic acids is 2. The highest BCUT2D eigenvalue weighted by atomic mass is 16.6. The van der Waals surface area contributed by atoms with Gasteiger partial charge in [-0.2, -0.15) is 0 Å². The van der Waals surface area contributed by atoms with E-state index in [1.54, 1.807) is 20.8 Å². The minimum absolute atomic E-state index is 0.0315. The van der Waals surface area contributed by atoms with E-state index < -0.39 is 29.2 Å². The van der Waals surface area contributed by atoms with Crippen molar-refractivity contribution in [3.05, 3.63) is 35.9 Å². The molecular weight excluding hydrogens is 364 g/mol. The molecule has 1 aliphatic heterocycles. The molecule has 0 aromatic heterocycles. The van der Waals surface area contributed by atoms with E-state index in [1.165, 1.54) is 4.90 Å². The van der Waals surface area contributed by atoms with Crippen molar-refractivity contribution in [2.75, 3.05) is 19.6 Å². The molecule has 8 nitrogen and oxygen atoms in total. The first-order chi connectivity index (χ1) is 13.1. The van der Waals surface area contributed by atoms with Crippen molar-refractivity contribution >= 4 is 18.2 Å². The Labute approximate surface area is 164 Å². The minimum Gasteiger partial charge on any atom is -0.481 e. The number of alkyl carbamates (subject to hydrolysis) is 1. The Balaban J connectivity index is 1.94. The van der Waals surface area contributed by atoms with Crippen LogP contribution >= 0.6 is 0 Å². The van der Waals surface area contributed by atoms with E-state index in [0.29, 0.717) is 19.4 Å². The van der Waals surface area contributed by atoms with Crippen molar-refractivity contribution < 1.29 is 29.0 Å². The zero-order valence-electron chi connectivity index (χ0n) is 16.6. The third kappa shape index (κ3) is 6.14. The molecule has 2 N–H and O–H groups in total. The average molecular weight is 392 g/mol. The van der Waals surface area contributed by atoms with Gasteiger partial charge in [-0.3, -0.25) is 4.79 Å². The lowest BCUT2D eigenvalue weighted by molar-refractivity contribution is -0.151. The van der Waals surface area contributed by atoms with Gasteiger partial charge in [0.25, 0.3) is 0 Å². The molecule has 0 bridgehead atoms. The number of hydrogen-bond acceptors (Lipinski definition) is 5. The summed E-state index contributed by atoms with van der Waals surface area (Å²) in [6.07, 6.45) is -0.393. The highest BCUT2D eigenvalue weighted by Gasteiger charge is 2.45. The number of aliphatic carboxylic acids is 1. The van der Waals surface area contributed by atoms with E-state index in [1.807, 2.05) is 30.3 Å². The Bertz CT molecular complexity index is 700. The van der Waals surface area contributed by atoms with Crippen LogP contribution in [-0.2, 0) is 20.9 Å². The van der Waals surface area contributed by atoms with Crippen molar-refractivity contribution in [1.29, 1.82) is 0 Å². The van der Waals surface area contributed by atoms with Crippen LogP contribution in [0.25, 0.3) is 0 Å². The number of carboxylic acid groups (broad SMARTS) is 1. The molecule has 1 atom stereocenters. The van der Waals surface area contributed by atoms with E-state index in [2.05, 4.69) is 5.32 Å². The summed E-state index contributed by atoms with van der Waals surface area (Å²) >= 11 is 0. The molecule has 8 heteroatoms. The third-order valence-electron chi connectivity index (χ3n) is 4.47.